The van der Waals surface area contributed by atoms with Crippen molar-refractivity contribution >= 4 is 29.1 Å². The summed E-state index contributed by atoms with van der Waals surface area (Å²) >= 11 is 8.24. The van der Waals surface area contributed by atoms with Crippen molar-refractivity contribution in [1.82, 2.24) is 0 Å². The van der Waals surface area contributed by atoms with Crippen LogP contribution in [0.3, 0.4) is 0 Å². The minimum Gasteiger partial charge on any atom is -0.493 e. The van der Waals surface area contributed by atoms with Crippen LogP contribution in [0.15, 0.2) is 53.4 Å². The Morgan fingerprint density at radius 2 is 1.69 bits per heavy atom. The summed E-state index contributed by atoms with van der Waals surface area (Å²) in [5.74, 6) is 1.02. The van der Waals surface area contributed by atoms with E-state index in [1.54, 1.807) is 40.2 Å². The van der Waals surface area contributed by atoms with Crippen molar-refractivity contribution in [3.63, 3.8) is 0 Å². The van der Waals surface area contributed by atoms with Crippen molar-refractivity contribution in [1.29, 1.82) is 0 Å². The van der Waals surface area contributed by atoms with Crippen molar-refractivity contribution in [2.24, 2.45) is 0 Å². The van der Waals surface area contributed by atoms with Crippen molar-refractivity contribution in [3.05, 3.63) is 54.1 Å². The zero-order valence-electron chi connectivity index (χ0n) is 15.1. The second-order valence-electron chi connectivity index (χ2n) is 6.51. The van der Waals surface area contributed by atoms with Gasteiger partial charge in [0.2, 0.25) is 0 Å². The maximum atomic E-state index is 13.1. The summed E-state index contributed by atoms with van der Waals surface area (Å²) < 4.78 is 15.5. The first-order valence-electron chi connectivity index (χ1n) is 8.19. The minimum atomic E-state index is -1.27. The summed E-state index contributed by atoms with van der Waals surface area (Å²) in [7, 11) is 3.15. The van der Waals surface area contributed by atoms with Gasteiger partial charge in [-0.05, 0) is 43.7 Å². The van der Waals surface area contributed by atoms with Crippen molar-refractivity contribution < 1.29 is 19.0 Å². The zero-order chi connectivity index (χ0) is 18.9. The molecule has 0 aliphatic carbocycles. The molecular weight excluding hydrogens is 372 g/mol. The summed E-state index contributed by atoms with van der Waals surface area (Å²) in [6.45, 7) is 3.50. The van der Waals surface area contributed by atoms with Crippen molar-refractivity contribution in [3.8, 4) is 11.5 Å². The Kier molecular flexibility index (Phi) is 5.24. The van der Waals surface area contributed by atoms with Gasteiger partial charge in [-0.15, -0.1) is 0 Å². The molecule has 138 valence electrons. The Labute approximate surface area is 162 Å². The van der Waals surface area contributed by atoms with Gasteiger partial charge in [-0.2, -0.15) is 0 Å². The Morgan fingerprint density at radius 1 is 1.04 bits per heavy atom. The van der Waals surface area contributed by atoms with Gasteiger partial charge in [0.15, 0.2) is 21.5 Å². The van der Waals surface area contributed by atoms with Crippen LogP contribution < -0.4 is 9.47 Å². The normalized spacial score (nSPS) is 24.5. The van der Waals surface area contributed by atoms with Crippen LogP contribution in [0.1, 0.15) is 25.5 Å². The van der Waals surface area contributed by atoms with Gasteiger partial charge in [0, 0.05) is 4.90 Å². The molecule has 0 amide bonds. The Hall–Kier alpha value is -1.69. The number of thioether (sulfide) groups is 1. The van der Waals surface area contributed by atoms with Gasteiger partial charge in [-0.1, -0.05) is 47.6 Å². The number of ketones is 1. The van der Waals surface area contributed by atoms with Gasteiger partial charge in [0.1, 0.15) is 11.7 Å². The maximum Gasteiger partial charge on any atom is 0.198 e. The first-order valence-corrected chi connectivity index (χ1v) is 9.39. The number of rotatable bonds is 5. The van der Waals surface area contributed by atoms with E-state index in [2.05, 4.69) is 0 Å². The smallest absolute Gasteiger partial charge is 0.198 e. The molecule has 0 saturated carbocycles. The zero-order valence-corrected chi connectivity index (χ0v) is 16.7. The van der Waals surface area contributed by atoms with Crippen LogP contribution >= 0.6 is 23.4 Å². The molecular formula is C20H21ClO4S. The van der Waals surface area contributed by atoms with E-state index in [9.17, 15) is 4.79 Å². The molecule has 0 bridgehead atoms. The number of hydrogen-bond acceptors (Lipinski definition) is 5. The molecule has 0 spiro atoms. The molecule has 0 aromatic heterocycles. The van der Waals surface area contributed by atoms with Crippen LogP contribution in [-0.2, 0) is 9.53 Å². The Bertz CT molecular complexity index is 809. The molecule has 0 N–H and O–H groups in total. The number of carbonyl (C=O) groups is 1. The van der Waals surface area contributed by atoms with Gasteiger partial charge in [0.05, 0.1) is 14.2 Å². The van der Waals surface area contributed by atoms with Gasteiger partial charge in [-0.25, -0.2) is 0 Å². The highest BCUT2D eigenvalue weighted by Gasteiger charge is 2.60. The summed E-state index contributed by atoms with van der Waals surface area (Å²) in [6.07, 6.45) is -0.628. The fourth-order valence-electron chi connectivity index (χ4n) is 3.01. The fourth-order valence-corrected chi connectivity index (χ4v) is 4.94. The molecule has 1 saturated heterocycles. The molecule has 1 aliphatic rings. The summed E-state index contributed by atoms with van der Waals surface area (Å²) in [5.41, 5.74) is -0.221. The lowest BCUT2D eigenvalue weighted by Gasteiger charge is -2.26. The third-order valence-corrected chi connectivity index (χ3v) is 6.13. The van der Waals surface area contributed by atoms with E-state index in [0.717, 1.165) is 10.5 Å². The van der Waals surface area contributed by atoms with Crippen molar-refractivity contribution in [2.45, 2.75) is 34.7 Å². The van der Waals surface area contributed by atoms with Gasteiger partial charge in [-0.3, -0.25) is 4.79 Å². The largest absolute Gasteiger partial charge is 0.493 e. The first-order chi connectivity index (χ1) is 12.3. The van der Waals surface area contributed by atoms with E-state index >= 15 is 0 Å². The van der Waals surface area contributed by atoms with Crippen LogP contribution in [0.4, 0.5) is 0 Å². The second-order valence-corrected chi connectivity index (χ2v) is 8.65. The molecule has 3 rings (SSSR count). The van der Waals surface area contributed by atoms with E-state index in [-0.39, 0.29) is 5.78 Å². The lowest BCUT2D eigenvalue weighted by Crippen LogP contribution is -2.36. The maximum absolute atomic E-state index is 13.1. The second kappa shape index (κ2) is 7.14. The number of Topliss-reactive ketones (excluding diaryl/α,β-unsaturated/α-hetero) is 1. The molecule has 2 aromatic carbocycles. The molecule has 4 nitrogen and oxygen atoms in total. The van der Waals surface area contributed by atoms with Gasteiger partial charge >= 0.3 is 0 Å². The number of alkyl halides is 1. The molecule has 1 aliphatic heterocycles. The van der Waals surface area contributed by atoms with E-state index in [0.29, 0.717) is 11.5 Å². The quantitative estimate of drug-likeness (QED) is 0.680. The topological polar surface area (TPSA) is 44.8 Å². The fraction of sp³-hybridized carbons (Fsp3) is 0.350. The Morgan fingerprint density at radius 3 is 2.31 bits per heavy atom. The van der Waals surface area contributed by atoms with Crippen LogP contribution in [0.2, 0.25) is 0 Å². The highest BCUT2D eigenvalue weighted by Crippen LogP contribution is 2.56. The lowest BCUT2D eigenvalue weighted by molar-refractivity contribution is -0.129. The average molecular weight is 393 g/mol. The van der Waals surface area contributed by atoms with Gasteiger partial charge in [0.25, 0.3) is 0 Å². The SMILES string of the molecule is COc1ccc([C@@H]2OC(C)(C)C(=O)[C@]2(Cl)Sc2ccccc2)cc1OC. The summed E-state index contributed by atoms with van der Waals surface area (Å²) in [4.78, 5) is 14.0. The number of methoxy groups -OCH3 is 2. The molecule has 1 fully saturated rings. The van der Waals surface area contributed by atoms with E-state index in [1.165, 1.54) is 11.8 Å². The molecule has 26 heavy (non-hydrogen) atoms. The van der Waals surface area contributed by atoms with Crippen LogP contribution in [-0.4, -0.2) is 29.8 Å². The van der Waals surface area contributed by atoms with Crippen LogP contribution in [0, 0.1) is 0 Å². The summed E-state index contributed by atoms with van der Waals surface area (Å²) in [5, 5.41) is 0. The molecule has 2 aromatic rings. The van der Waals surface area contributed by atoms with E-state index in [1.807, 2.05) is 36.4 Å². The average Bonchev–Trinajstić information content (AvgIpc) is 2.82. The first kappa shape index (κ1) is 19.1. The molecule has 6 heteroatoms. The third-order valence-electron chi connectivity index (χ3n) is 4.33. The lowest BCUT2D eigenvalue weighted by atomic mass is 9.99. The standard InChI is InChI=1S/C20H21ClO4S/c1-19(2)18(22)20(21,26-14-8-6-5-7-9-14)17(25-19)13-10-11-15(23-3)16(12-13)24-4/h5-12,17H,1-4H3/t17-,20+/m0/s1. The third kappa shape index (κ3) is 3.31. The number of halogens is 1. The Balaban J connectivity index is 2.04. The summed E-state index contributed by atoms with van der Waals surface area (Å²) in [6, 6.07) is 15.1. The van der Waals surface area contributed by atoms with Crippen LogP contribution in [0.5, 0.6) is 11.5 Å². The highest BCUT2D eigenvalue weighted by atomic mass is 35.5. The van der Waals surface area contributed by atoms with E-state index in [4.69, 9.17) is 25.8 Å². The highest BCUT2D eigenvalue weighted by molar-refractivity contribution is 8.02. The minimum absolute atomic E-state index is 0.152. The molecule has 0 radical (unpaired) electrons. The van der Waals surface area contributed by atoms with Crippen LogP contribution in [0.25, 0.3) is 0 Å². The number of carbonyl (C=O) groups excluding carboxylic acids is 1. The molecule has 2 atom stereocenters. The monoisotopic (exact) mass is 392 g/mol. The molecule has 1 heterocycles. The van der Waals surface area contributed by atoms with Crippen molar-refractivity contribution in [2.75, 3.05) is 14.2 Å². The van der Waals surface area contributed by atoms with Gasteiger partial charge < -0.3 is 14.2 Å². The molecule has 0 unspecified atom stereocenters. The number of ether oxygens (including phenoxy) is 3. The predicted octanol–water partition coefficient (Wildman–Crippen LogP) is 4.85. The predicted molar refractivity (Wildman–Crippen MR) is 103 cm³/mol. The number of benzene rings is 2. The number of hydrogen-bond donors (Lipinski definition) is 0. The van der Waals surface area contributed by atoms with E-state index < -0.39 is 15.9 Å².